The number of nitrogens with one attached hydrogen (secondary N) is 3. The molecule has 0 saturated heterocycles. The molecule has 3 aromatic rings. The Morgan fingerprint density at radius 2 is 1.63 bits per heavy atom. The van der Waals surface area contributed by atoms with Crippen molar-refractivity contribution in [2.24, 2.45) is 5.92 Å². The predicted molar refractivity (Wildman–Crippen MR) is 199 cm³/mol. The van der Waals surface area contributed by atoms with E-state index >= 15 is 0 Å². The number of aliphatic hydroxyl groups excluding tert-OH is 1. The monoisotopic (exact) mass is 750 g/mol. The van der Waals surface area contributed by atoms with Crippen LogP contribution < -0.4 is 16.0 Å². The first-order valence-electron chi connectivity index (χ1n) is 18.3. The maximum absolute atomic E-state index is 13.8. The molecule has 0 radical (unpaired) electrons. The maximum atomic E-state index is 13.8. The minimum atomic E-state index is -1.51. The van der Waals surface area contributed by atoms with E-state index in [1.807, 2.05) is 55.5 Å². The van der Waals surface area contributed by atoms with Crippen molar-refractivity contribution in [3.8, 4) is 11.5 Å². The second kappa shape index (κ2) is 22.2. The van der Waals surface area contributed by atoms with Gasteiger partial charge in [-0.2, -0.15) is 0 Å². The van der Waals surface area contributed by atoms with Crippen LogP contribution in [-0.4, -0.2) is 87.7 Å². The fraction of sp³-hybridized carbons (Fsp3) is 0.513. The van der Waals surface area contributed by atoms with E-state index in [0.29, 0.717) is 31.4 Å². The molecule has 0 aliphatic carbocycles. The van der Waals surface area contributed by atoms with E-state index in [9.17, 15) is 29.1 Å². The first-order valence-corrected chi connectivity index (χ1v) is 18.3. The zero-order chi connectivity index (χ0) is 39.5. The summed E-state index contributed by atoms with van der Waals surface area (Å²) in [6, 6.07) is 17.1. The molecule has 15 heteroatoms. The molecule has 3 rings (SSSR count). The van der Waals surface area contributed by atoms with Crippen LogP contribution in [0.5, 0.6) is 0 Å². The minimum absolute atomic E-state index is 0.0881. The number of hydrogen-bond donors (Lipinski definition) is 4. The van der Waals surface area contributed by atoms with Crippen LogP contribution in [0.25, 0.3) is 11.5 Å². The highest BCUT2D eigenvalue weighted by Crippen LogP contribution is 2.23. The Hall–Kier alpha value is -5.15. The van der Waals surface area contributed by atoms with Gasteiger partial charge in [-0.3, -0.25) is 24.0 Å². The summed E-state index contributed by atoms with van der Waals surface area (Å²) in [7, 11) is 0. The number of hydrogen-bond acceptors (Lipinski definition) is 11. The molecule has 0 fully saturated rings. The number of nitrogens with zero attached hydrogens (tertiary/aromatic N) is 3. The van der Waals surface area contributed by atoms with Crippen molar-refractivity contribution in [1.82, 2.24) is 31.0 Å². The molecule has 54 heavy (non-hydrogen) atoms. The third kappa shape index (κ3) is 14.7. The van der Waals surface area contributed by atoms with Crippen molar-refractivity contribution in [3.05, 3.63) is 72.1 Å². The van der Waals surface area contributed by atoms with Crippen molar-refractivity contribution in [3.63, 3.8) is 0 Å². The van der Waals surface area contributed by atoms with Gasteiger partial charge in [-0.15, -0.1) is 10.2 Å². The maximum Gasteiger partial charge on any atom is 0.306 e. The molecule has 1 aromatic heterocycles. The molecule has 4 N–H and O–H groups in total. The highest BCUT2D eigenvalue weighted by molar-refractivity contribution is 5.90. The van der Waals surface area contributed by atoms with Crippen LogP contribution in [-0.2, 0) is 40.1 Å². The molecule has 0 aliphatic heterocycles. The predicted octanol–water partition coefficient (Wildman–Crippen LogP) is 3.83. The highest BCUT2D eigenvalue weighted by atomic mass is 16.6. The summed E-state index contributed by atoms with van der Waals surface area (Å²) >= 11 is 0. The number of ether oxygens (including phenoxy) is 2. The van der Waals surface area contributed by atoms with Crippen LogP contribution in [0.3, 0.4) is 0 Å². The first-order chi connectivity index (χ1) is 25.8. The van der Waals surface area contributed by atoms with Gasteiger partial charge in [0.15, 0.2) is 0 Å². The minimum Gasteiger partial charge on any atom is -0.460 e. The van der Waals surface area contributed by atoms with Gasteiger partial charge in [-0.05, 0) is 63.6 Å². The van der Waals surface area contributed by atoms with Gasteiger partial charge in [-0.25, -0.2) is 0 Å². The molecule has 0 saturated carbocycles. The summed E-state index contributed by atoms with van der Waals surface area (Å²) in [5.41, 5.74) is 0.744. The number of aromatic nitrogens is 2. The lowest BCUT2D eigenvalue weighted by Gasteiger charge is -2.27. The lowest BCUT2D eigenvalue weighted by Crippen LogP contribution is -2.52. The Labute approximate surface area is 316 Å². The lowest BCUT2D eigenvalue weighted by molar-refractivity contribution is -0.155. The van der Waals surface area contributed by atoms with Crippen molar-refractivity contribution in [2.45, 2.75) is 104 Å². The fourth-order valence-electron chi connectivity index (χ4n) is 5.40. The SMILES string of the molecule is CCCCN(C(=O)CCNC(=O)C(CCC(=O)OC(C)(C)C)NC(=O)C(OCc1ccccc1)C(C)CCNC=O)C(O)c1nnc(-c2ccccc2)o1. The number of carbonyl (C=O) groups is 5. The van der Waals surface area contributed by atoms with E-state index < -0.39 is 47.7 Å². The van der Waals surface area contributed by atoms with E-state index in [0.717, 1.165) is 12.0 Å². The molecule has 0 spiro atoms. The molecule has 0 aliphatic rings. The van der Waals surface area contributed by atoms with Gasteiger partial charge < -0.3 is 39.8 Å². The molecule has 4 unspecified atom stereocenters. The van der Waals surface area contributed by atoms with Gasteiger partial charge in [0.1, 0.15) is 17.7 Å². The summed E-state index contributed by atoms with van der Waals surface area (Å²) in [6.45, 7) is 9.43. The van der Waals surface area contributed by atoms with Crippen LogP contribution in [0.1, 0.15) is 90.8 Å². The Morgan fingerprint density at radius 1 is 0.944 bits per heavy atom. The van der Waals surface area contributed by atoms with Crippen LogP contribution in [0.4, 0.5) is 0 Å². The molecule has 0 bridgehead atoms. The highest BCUT2D eigenvalue weighted by Gasteiger charge is 2.32. The Bertz CT molecular complexity index is 1610. The van der Waals surface area contributed by atoms with E-state index in [1.165, 1.54) is 4.90 Å². The molecule has 4 amide bonds. The molecule has 1 heterocycles. The van der Waals surface area contributed by atoms with Crippen LogP contribution in [0, 0.1) is 5.92 Å². The molecule has 4 atom stereocenters. The number of aliphatic hydroxyl groups is 1. The topological polar surface area (TPSA) is 202 Å². The Balaban J connectivity index is 1.72. The number of rotatable bonds is 23. The van der Waals surface area contributed by atoms with Crippen molar-refractivity contribution in [1.29, 1.82) is 0 Å². The molecular formula is C39H54N6O9. The molecule has 294 valence electrons. The second-order valence-corrected chi connectivity index (χ2v) is 13.9. The zero-order valence-corrected chi connectivity index (χ0v) is 31.8. The number of esters is 1. The van der Waals surface area contributed by atoms with E-state index in [2.05, 4.69) is 26.1 Å². The molecule has 2 aromatic carbocycles. The van der Waals surface area contributed by atoms with Gasteiger partial charge in [0.25, 0.3) is 5.89 Å². The average molecular weight is 751 g/mol. The van der Waals surface area contributed by atoms with E-state index in [1.54, 1.807) is 39.8 Å². The summed E-state index contributed by atoms with van der Waals surface area (Å²) in [4.78, 5) is 65.5. The van der Waals surface area contributed by atoms with Crippen molar-refractivity contribution in [2.75, 3.05) is 19.6 Å². The fourth-order valence-corrected chi connectivity index (χ4v) is 5.40. The first kappa shape index (κ1) is 43.3. The zero-order valence-electron chi connectivity index (χ0n) is 31.8. The number of carbonyl (C=O) groups excluding carboxylic acids is 5. The summed E-state index contributed by atoms with van der Waals surface area (Å²) < 4.78 is 17.2. The van der Waals surface area contributed by atoms with Crippen LogP contribution in [0.15, 0.2) is 65.1 Å². The Kier molecular flexibility index (Phi) is 17.7. The van der Waals surface area contributed by atoms with Crippen molar-refractivity contribution >= 4 is 30.1 Å². The summed E-state index contributed by atoms with van der Waals surface area (Å²) in [5, 5.41) is 27.1. The normalized spacial score (nSPS) is 13.5. The lowest BCUT2D eigenvalue weighted by atomic mass is 9.99. The second-order valence-electron chi connectivity index (χ2n) is 13.9. The Morgan fingerprint density at radius 3 is 2.28 bits per heavy atom. The number of unbranched alkanes of at least 4 members (excludes halogenated alkanes) is 1. The number of amides is 4. The molecule has 15 nitrogen and oxygen atoms in total. The van der Waals surface area contributed by atoms with Crippen LogP contribution in [0.2, 0.25) is 0 Å². The van der Waals surface area contributed by atoms with Gasteiger partial charge in [-0.1, -0.05) is 68.8 Å². The third-order valence-corrected chi connectivity index (χ3v) is 8.25. The van der Waals surface area contributed by atoms with Gasteiger partial charge in [0.2, 0.25) is 36.3 Å². The third-order valence-electron chi connectivity index (χ3n) is 8.25. The number of benzene rings is 2. The summed E-state index contributed by atoms with van der Waals surface area (Å²) in [6.07, 6.45) is -0.643. The van der Waals surface area contributed by atoms with E-state index in [4.69, 9.17) is 13.9 Å². The smallest absolute Gasteiger partial charge is 0.306 e. The van der Waals surface area contributed by atoms with Gasteiger partial charge in [0, 0.05) is 38.0 Å². The van der Waals surface area contributed by atoms with E-state index in [-0.39, 0.29) is 56.7 Å². The van der Waals surface area contributed by atoms with Crippen molar-refractivity contribution < 1.29 is 43.0 Å². The molecular weight excluding hydrogens is 696 g/mol. The average Bonchev–Trinajstić information content (AvgIpc) is 3.64. The van der Waals surface area contributed by atoms with Crippen LogP contribution >= 0.6 is 0 Å². The standard InChI is InChI=1S/C39H54N6O9/c1-6-7-24-45(38(51)37-44-43-36(53-37)29-16-12-9-13-17-29)31(47)21-23-41-34(49)30(18-19-32(48)54-39(3,4)5)42-35(50)33(27(2)20-22-40-26-46)52-25-28-14-10-8-11-15-28/h8-17,26-27,30,33,38,51H,6-7,18-25H2,1-5H3,(H,40,46)(H,41,49)(H,42,50). The summed E-state index contributed by atoms with van der Waals surface area (Å²) in [5.74, 6) is -2.54. The quantitative estimate of drug-likeness (QED) is 0.0475. The van der Waals surface area contributed by atoms with Gasteiger partial charge in [0.05, 0.1) is 6.61 Å². The largest absolute Gasteiger partial charge is 0.460 e. The van der Waals surface area contributed by atoms with Gasteiger partial charge >= 0.3 is 5.97 Å².